The molecule has 0 heterocycles. The van der Waals surface area contributed by atoms with E-state index < -0.39 is 22.1 Å². The highest BCUT2D eigenvalue weighted by molar-refractivity contribution is 7.89. The van der Waals surface area contributed by atoms with Crippen molar-refractivity contribution in [2.24, 2.45) is 0 Å². The van der Waals surface area contributed by atoms with Crippen LogP contribution in [0.2, 0.25) is 5.02 Å². The van der Waals surface area contributed by atoms with E-state index in [2.05, 4.69) is 10.0 Å². The van der Waals surface area contributed by atoms with Gasteiger partial charge in [-0.15, -0.1) is 0 Å². The number of amides is 1. The zero-order valence-electron chi connectivity index (χ0n) is 15.7. The maximum atomic E-state index is 12.6. The predicted molar refractivity (Wildman–Crippen MR) is 108 cm³/mol. The second-order valence-corrected chi connectivity index (χ2v) is 8.93. The van der Waals surface area contributed by atoms with Crippen molar-refractivity contribution < 1.29 is 22.7 Å². The summed E-state index contributed by atoms with van der Waals surface area (Å²) in [6.45, 7) is 1.54. The van der Waals surface area contributed by atoms with Crippen molar-refractivity contribution in [2.75, 3.05) is 0 Å². The molecule has 3 rings (SSSR count). The summed E-state index contributed by atoms with van der Waals surface area (Å²) < 4.78 is 32.9. The predicted octanol–water partition coefficient (Wildman–Crippen LogP) is 2.64. The topological polar surface area (TPSA) is 102 Å². The Morgan fingerprint density at radius 2 is 1.86 bits per heavy atom. The van der Waals surface area contributed by atoms with Gasteiger partial charge in [0.05, 0.1) is 10.6 Å². The Morgan fingerprint density at radius 3 is 2.52 bits per heavy atom. The SMILES string of the molecule is CC(OC(=O)c1ccc(Cl)c(S(=O)(=O)NCc2ccccc2)c1)C(=O)NC1CC1. The van der Waals surface area contributed by atoms with Gasteiger partial charge in [0.15, 0.2) is 6.10 Å². The number of halogens is 1. The van der Waals surface area contributed by atoms with Crippen molar-refractivity contribution in [1.29, 1.82) is 0 Å². The number of benzene rings is 2. The van der Waals surface area contributed by atoms with Gasteiger partial charge in [0.25, 0.3) is 5.91 Å². The van der Waals surface area contributed by atoms with Gasteiger partial charge in [-0.25, -0.2) is 17.9 Å². The molecule has 1 aliphatic rings. The Bertz CT molecular complexity index is 1010. The van der Waals surface area contributed by atoms with Crippen LogP contribution in [0.5, 0.6) is 0 Å². The third kappa shape index (κ3) is 5.79. The van der Waals surface area contributed by atoms with Gasteiger partial charge in [0.2, 0.25) is 10.0 Å². The normalized spacial score (nSPS) is 14.8. The quantitative estimate of drug-likeness (QED) is 0.619. The molecular weight excluding hydrogens is 416 g/mol. The van der Waals surface area contributed by atoms with Crippen molar-refractivity contribution in [3.63, 3.8) is 0 Å². The molecule has 0 spiro atoms. The lowest BCUT2D eigenvalue weighted by Gasteiger charge is -2.14. The Hall–Kier alpha value is -2.42. The van der Waals surface area contributed by atoms with Crippen molar-refractivity contribution in [3.8, 4) is 0 Å². The molecule has 7 nitrogen and oxygen atoms in total. The molecule has 9 heteroatoms. The van der Waals surface area contributed by atoms with Gasteiger partial charge in [-0.1, -0.05) is 41.9 Å². The molecule has 1 amide bonds. The monoisotopic (exact) mass is 436 g/mol. The van der Waals surface area contributed by atoms with Crippen LogP contribution in [0.1, 0.15) is 35.7 Å². The molecule has 154 valence electrons. The summed E-state index contributed by atoms with van der Waals surface area (Å²) in [6.07, 6.45) is 0.844. The summed E-state index contributed by atoms with van der Waals surface area (Å²) in [4.78, 5) is 24.1. The average molecular weight is 437 g/mol. The van der Waals surface area contributed by atoms with Crippen LogP contribution in [0.25, 0.3) is 0 Å². The minimum Gasteiger partial charge on any atom is -0.449 e. The lowest BCUT2D eigenvalue weighted by Crippen LogP contribution is -2.37. The van der Waals surface area contributed by atoms with Gasteiger partial charge in [0.1, 0.15) is 4.90 Å². The third-order valence-corrected chi connectivity index (χ3v) is 6.23. The Labute approximate surface area is 174 Å². The Kier molecular flexibility index (Phi) is 6.56. The van der Waals surface area contributed by atoms with Crippen molar-refractivity contribution in [2.45, 2.75) is 43.4 Å². The van der Waals surface area contributed by atoms with Crippen molar-refractivity contribution in [1.82, 2.24) is 10.0 Å². The Morgan fingerprint density at radius 1 is 1.17 bits per heavy atom. The van der Waals surface area contributed by atoms with Gasteiger partial charge in [-0.3, -0.25) is 4.79 Å². The van der Waals surface area contributed by atoms with Gasteiger partial charge >= 0.3 is 5.97 Å². The van der Waals surface area contributed by atoms with Crippen LogP contribution in [0.15, 0.2) is 53.4 Å². The van der Waals surface area contributed by atoms with Crippen LogP contribution in [0.4, 0.5) is 0 Å². The van der Waals surface area contributed by atoms with Crippen LogP contribution >= 0.6 is 11.6 Å². The number of carbonyl (C=O) groups is 2. The summed E-state index contributed by atoms with van der Waals surface area (Å²) in [5, 5.41) is 2.72. The van der Waals surface area contributed by atoms with Gasteiger partial charge in [-0.2, -0.15) is 0 Å². The zero-order chi connectivity index (χ0) is 21.0. The van der Waals surface area contributed by atoms with E-state index in [9.17, 15) is 18.0 Å². The van der Waals surface area contributed by atoms with Crippen LogP contribution in [-0.2, 0) is 26.1 Å². The molecular formula is C20H21ClN2O5S. The first-order chi connectivity index (χ1) is 13.8. The van der Waals surface area contributed by atoms with E-state index in [1.54, 1.807) is 24.3 Å². The third-order valence-electron chi connectivity index (χ3n) is 4.34. The molecule has 0 bridgehead atoms. The molecule has 1 fully saturated rings. The second-order valence-electron chi connectivity index (χ2n) is 6.79. The minimum atomic E-state index is -3.97. The number of sulfonamides is 1. The number of hydrogen-bond acceptors (Lipinski definition) is 5. The first kappa shape index (κ1) is 21.3. The lowest BCUT2D eigenvalue weighted by molar-refractivity contribution is -0.129. The van der Waals surface area contributed by atoms with E-state index >= 15 is 0 Å². The van der Waals surface area contributed by atoms with Crippen LogP contribution in [0, 0.1) is 0 Å². The molecule has 29 heavy (non-hydrogen) atoms. The first-order valence-electron chi connectivity index (χ1n) is 9.11. The highest BCUT2D eigenvalue weighted by atomic mass is 35.5. The number of rotatable bonds is 8. The molecule has 1 atom stereocenters. The standard InChI is InChI=1S/C20H21ClN2O5S/c1-13(19(24)23-16-8-9-16)28-20(25)15-7-10-17(21)18(11-15)29(26,27)22-12-14-5-3-2-4-6-14/h2-7,10-11,13,16,22H,8-9,12H2,1H3,(H,23,24). The summed E-state index contributed by atoms with van der Waals surface area (Å²) in [5.74, 6) is -1.19. The van der Waals surface area contributed by atoms with E-state index in [0.717, 1.165) is 24.5 Å². The van der Waals surface area contributed by atoms with E-state index in [0.29, 0.717) is 0 Å². The number of carbonyl (C=O) groups excluding carboxylic acids is 2. The largest absolute Gasteiger partial charge is 0.449 e. The highest BCUT2D eigenvalue weighted by Crippen LogP contribution is 2.24. The molecule has 0 radical (unpaired) electrons. The fraction of sp³-hybridized carbons (Fsp3) is 0.300. The molecule has 1 unspecified atom stereocenters. The first-order valence-corrected chi connectivity index (χ1v) is 11.0. The molecule has 1 saturated carbocycles. The summed E-state index contributed by atoms with van der Waals surface area (Å²) in [6, 6.07) is 12.9. The van der Waals surface area contributed by atoms with Gasteiger partial charge in [-0.05, 0) is 43.5 Å². The molecule has 2 N–H and O–H groups in total. The fourth-order valence-electron chi connectivity index (χ4n) is 2.52. The molecule has 0 aliphatic heterocycles. The van der Waals surface area contributed by atoms with Crippen LogP contribution < -0.4 is 10.0 Å². The van der Waals surface area contributed by atoms with Crippen LogP contribution in [-0.4, -0.2) is 32.4 Å². The van der Waals surface area contributed by atoms with E-state index in [-0.39, 0.29) is 34.0 Å². The molecule has 0 aromatic heterocycles. The maximum Gasteiger partial charge on any atom is 0.338 e. The van der Waals surface area contributed by atoms with E-state index in [1.807, 2.05) is 6.07 Å². The van der Waals surface area contributed by atoms with Crippen LogP contribution in [0.3, 0.4) is 0 Å². The highest BCUT2D eigenvalue weighted by Gasteiger charge is 2.28. The number of hydrogen-bond donors (Lipinski definition) is 2. The summed E-state index contributed by atoms with van der Waals surface area (Å²) in [5.41, 5.74) is 0.763. The molecule has 0 saturated heterocycles. The lowest BCUT2D eigenvalue weighted by atomic mass is 10.2. The van der Waals surface area contributed by atoms with Gasteiger partial charge in [0, 0.05) is 12.6 Å². The Balaban J connectivity index is 1.70. The summed E-state index contributed by atoms with van der Waals surface area (Å²) >= 11 is 6.05. The van der Waals surface area contributed by atoms with E-state index in [1.165, 1.54) is 19.1 Å². The smallest absolute Gasteiger partial charge is 0.338 e. The zero-order valence-corrected chi connectivity index (χ0v) is 17.3. The molecule has 2 aromatic rings. The van der Waals surface area contributed by atoms with Crippen molar-refractivity contribution >= 4 is 33.5 Å². The molecule has 1 aliphatic carbocycles. The average Bonchev–Trinajstić information content (AvgIpc) is 3.51. The number of esters is 1. The number of ether oxygens (including phenoxy) is 1. The minimum absolute atomic E-state index is 0.0134. The summed E-state index contributed by atoms with van der Waals surface area (Å²) in [7, 11) is -3.97. The fourth-order valence-corrected chi connectivity index (χ4v) is 4.06. The van der Waals surface area contributed by atoms with E-state index in [4.69, 9.17) is 16.3 Å². The van der Waals surface area contributed by atoms with Crippen molar-refractivity contribution in [3.05, 3.63) is 64.7 Å². The molecule has 2 aromatic carbocycles. The maximum absolute atomic E-state index is 12.6. The second kappa shape index (κ2) is 8.94. The van der Waals surface area contributed by atoms with Gasteiger partial charge < -0.3 is 10.1 Å². The number of nitrogens with one attached hydrogen (secondary N) is 2.